The van der Waals surface area contributed by atoms with Crippen LogP contribution >= 0.6 is 0 Å². The first-order valence-electron chi connectivity index (χ1n) is 9.64. The van der Waals surface area contributed by atoms with Crippen LogP contribution in [0.25, 0.3) is 0 Å². The molecule has 0 spiro atoms. The van der Waals surface area contributed by atoms with Gasteiger partial charge in [0.1, 0.15) is 0 Å². The van der Waals surface area contributed by atoms with Gasteiger partial charge in [0, 0.05) is 24.0 Å². The fraction of sp³-hybridized carbons (Fsp3) is 0.154. The Morgan fingerprint density at radius 3 is 1.36 bits per heavy atom. The summed E-state index contributed by atoms with van der Waals surface area (Å²) in [7, 11) is 0. The monoisotopic (exact) mass is 366 g/mol. The number of allylic oxidation sites excluding steroid dienone is 2. The Morgan fingerprint density at radius 1 is 0.500 bits per heavy atom. The van der Waals surface area contributed by atoms with Crippen molar-refractivity contribution in [2.75, 3.05) is 0 Å². The molecule has 0 N–H and O–H groups in total. The van der Waals surface area contributed by atoms with Gasteiger partial charge in [0.25, 0.3) is 0 Å². The van der Waals surface area contributed by atoms with E-state index in [-0.39, 0.29) is 11.6 Å². The van der Waals surface area contributed by atoms with Crippen molar-refractivity contribution in [3.05, 3.63) is 118 Å². The van der Waals surface area contributed by atoms with E-state index in [0.29, 0.717) is 24.0 Å². The third-order valence-electron chi connectivity index (χ3n) is 5.13. The minimum absolute atomic E-state index is 0.0690. The van der Waals surface area contributed by atoms with E-state index in [1.54, 1.807) is 12.2 Å². The maximum absolute atomic E-state index is 12.3. The van der Waals surface area contributed by atoms with Crippen molar-refractivity contribution in [2.45, 2.75) is 25.7 Å². The molecule has 2 heteroatoms. The van der Waals surface area contributed by atoms with E-state index in [1.165, 1.54) is 22.3 Å². The van der Waals surface area contributed by atoms with E-state index in [4.69, 9.17) is 0 Å². The quantitative estimate of drug-likeness (QED) is 0.487. The van der Waals surface area contributed by atoms with Crippen molar-refractivity contribution in [1.82, 2.24) is 0 Å². The largest absolute Gasteiger partial charge is 0.294 e. The van der Waals surface area contributed by atoms with Gasteiger partial charge in [0.15, 0.2) is 11.6 Å². The van der Waals surface area contributed by atoms with Gasteiger partial charge in [-0.25, -0.2) is 0 Å². The van der Waals surface area contributed by atoms with Crippen LogP contribution in [0.15, 0.2) is 84.9 Å². The molecule has 4 aliphatic carbocycles. The number of carbonyl (C=O) groups is 2. The Labute approximate surface area is 165 Å². The van der Waals surface area contributed by atoms with Crippen LogP contribution in [0.2, 0.25) is 0 Å². The lowest BCUT2D eigenvalue weighted by molar-refractivity contribution is 0.0983. The number of hydrogen-bond acceptors (Lipinski definition) is 2. The minimum Gasteiger partial charge on any atom is -0.294 e. The van der Waals surface area contributed by atoms with E-state index in [9.17, 15) is 9.59 Å². The summed E-state index contributed by atoms with van der Waals surface area (Å²) in [6, 6.07) is 24.3. The predicted molar refractivity (Wildman–Crippen MR) is 112 cm³/mol. The van der Waals surface area contributed by atoms with Crippen LogP contribution in [0.5, 0.6) is 0 Å². The summed E-state index contributed by atoms with van der Waals surface area (Å²) >= 11 is 0. The second kappa shape index (κ2) is 8.18. The molecule has 4 aliphatic rings. The van der Waals surface area contributed by atoms with Crippen molar-refractivity contribution >= 4 is 11.6 Å². The van der Waals surface area contributed by atoms with Crippen LogP contribution in [0.3, 0.4) is 0 Å². The Balaban J connectivity index is 1.67. The van der Waals surface area contributed by atoms with Crippen molar-refractivity contribution in [1.29, 1.82) is 0 Å². The zero-order valence-electron chi connectivity index (χ0n) is 15.7. The van der Waals surface area contributed by atoms with Crippen LogP contribution in [0, 0.1) is 0 Å². The first kappa shape index (κ1) is 18.1. The summed E-state index contributed by atoms with van der Waals surface area (Å²) in [5.41, 5.74) is 6.31. The van der Waals surface area contributed by atoms with Gasteiger partial charge < -0.3 is 0 Å². The molecule has 138 valence electrons. The fourth-order valence-corrected chi connectivity index (χ4v) is 3.55. The number of rotatable bonds is 0. The topological polar surface area (TPSA) is 34.1 Å². The van der Waals surface area contributed by atoms with Crippen molar-refractivity contribution < 1.29 is 9.59 Å². The van der Waals surface area contributed by atoms with Gasteiger partial charge in [-0.15, -0.1) is 0 Å². The summed E-state index contributed by atoms with van der Waals surface area (Å²) in [5.74, 6) is 0.138. The molecule has 3 aromatic carbocycles. The molecule has 0 atom stereocenters. The van der Waals surface area contributed by atoms with E-state index in [1.807, 2.05) is 48.5 Å². The molecule has 0 saturated carbocycles. The SMILES string of the molecule is O=C1C/C=C\CC(=O)c2ccc(cc2)Cc2cccc(c2)Cc2ccc1cc2. The summed E-state index contributed by atoms with van der Waals surface area (Å²) < 4.78 is 0. The molecule has 3 aromatic rings. The fourth-order valence-electron chi connectivity index (χ4n) is 3.55. The summed E-state index contributed by atoms with van der Waals surface area (Å²) in [6.45, 7) is 0. The summed E-state index contributed by atoms with van der Waals surface area (Å²) in [4.78, 5) is 24.7. The molecule has 0 radical (unpaired) electrons. The first-order chi connectivity index (χ1) is 13.7. The van der Waals surface area contributed by atoms with Crippen LogP contribution < -0.4 is 0 Å². The third kappa shape index (κ3) is 4.34. The highest BCUT2D eigenvalue weighted by atomic mass is 16.1. The lowest BCUT2D eigenvalue weighted by Crippen LogP contribution is -1.99. The lowest BCUT2D eigenvalue weighted by Gasteiger charge is -2.07. The normalized spacial score (nSPS) is 15.7. The second-order valence-corrected chi connectivity index (χ2v) is 7.29. The van der Waals surface area contributed by atoms with Crippen molar-refractivity contribution in [3.63, 3.8) is 0 Å². The molecule has 0 fully saturated rings. The Morgan fingerprint density at radius 2 is 0.929 bits per heavy atom. The highest BCUT2D eigenvalue weighted by Crippen LogP contribution is 2.17. The molecule has 0 unspecified atom stereocenters. The average molecular weight is 366 g/mol. The van der Waals surface area contributed by atoms with Gasteiger partial charge in [0.05, 0.1) is 0 Å². The highest BCUT2D eigenvalue weighted by molar-refractivity contribution is 5.98. The Kier molecular flexibility index (Phi) is 5.29. The van der Waals surface area contributed by atoms with E-state index in [2.05, 4.69) is 24.3 Å². The Hall–Kier alpha value is -3.26. The van der Waals surface area contributed by atoms with E-state index in [0.717, 1.165) is 12.8 Å². The van der Waals surface area contributed by atoms with Gasteiger partial charge in [-0.1, -0.05) is 84.9 Å². The van der Waals surface area contributed by atoms with Crippen LogP contribution in [-0.4, -0.2) is 11.6 Å². The van der Waals surface area contributed by atoms with Gasteiger partial charge in [-0.2, -0.15) is 0 Å². The van der Waals surface area contributed by atoms with Crippen molar-refractivity contribution in [2.24, 2.45) is 0 Å². The molecule has 7 rings (SSSR count). The van der Waals surface area contributed by atoms with Crippen LogP contribution in [0.1, 0.15) is 55.8 Å². The number of ketones is 2. The molecule has 0 aliphatic heterocycles. The first-order valence-corrected chi connectivity index (χ1v) is 9.64. The molecule has 0 amide bonds. The molecule has 0 aromatic heterocycles. The minimum atomic E-state index is 0.0690. The molecule has 0 saturated heterocycles. The summed E-state index contributed by atoms with van der Waals surface area (Å²) in [6.07, 6.45) is 5.90. The van der Waals surface area contributed by atoms with Gasteiger partial charge in [0.2, 0.25) is 0 Å². The van der Waals surface area contributed by atoms with Crippen LogP contribution in [-0.2, 0) is 12.8 Å². The van der Waals surface area contributed by atoms with E-state index >= 15 is 0 Å². The number of carbonyl (C=O) groups excluding carboxylic acids is 2. The molecule has 2 nitrogen and oxygen atoms in total. The Bertz CT molecular complexity index is 944. The smallest absolute Gasteiger partial charge is 0.166 e. The molecule has 0 heterocycles. The third-order valence-corrected chi connectivity index (χ3v) is 5.13. The zero-order valence-corrected chi connectivity index (χ0v) is 15.7. The predicted octanol–water partition coefficient (Wildman–Crippen LogP) is 5.58. The van der Waals surface area contributed by atoms with Gasteiger partial charge >= 0.3 is 0 Å². The molecular formula is C26H22O2. The molecule has 6 bridgehead atoms. The maximum atomic E-state index is 12.3. The molecular weight excluding hydrogens is 344 g/mol. The van der Waals surface area contributed by atoms with E-state index < -0.39 is 0 Å². The van der Waals surface area contributed by atoms with Crippen molar-refractivity contribution in [3.8, 4) is 0 Å². The number of Topliss-reactive ketones (excluding diaryl/α,β-unsaturated/α-hetero) is 2. The van der Waals surface area contributed by atoms with Crippen LogP contribution in [0.4, 0.5) is 0 Å². The average Bonchev–Trinajstić information content (AvgIpc) is 2.72. The summed E-state index contributed by atoms with van der Waals surface area (Å²) in [5, 5.41) is 0. The highest BCUT2D eigenvalue weighted by Gasteiger charge is 2.07. The lowest BCUT2D eigenvalue weighted by atomic mass is 9.97. The molecule has 28 heavy (non-hydrogen) atoms. The number of benzene rings is 3. The second-order valence-electron chi connectivity index (χ2n) is 7.29. The maximum Gasteiger partial charge on any atom is 0.166 e. The number of hydrogen-bond donors (Lipinski definition) is 0. The van der Waals surface area contributed by atoms with Gasteiger partial charge in [-0.05, 0) is 35.1 Å². The zero-order chi connectivity index (χ0) is 19.3. The standard InChI is InChI=1S/C26H22O2/c27-25-6-1-2-7-26(28)24-14-10-20(11-15-24)17-22-5-3-4-21(18-22)16-19-8-12-23(25)13-9-19/h1-5,8-15,18H,6-7,16-17H2/b2-1-. The van der Waals surface area contributed by atoms with Gasteiger partial charge in [-0.3, -0.25) is 9.59 Å².